The zero-order valence-corrected chi connectivity index (χ0v) is 16.7. The van der Waals surface area contributed by atoms with Gasteiger partial charge in [-0.2, -0.15) is 0 Å². The predicted octanol–water partition coefficient (Wildman–Crippen LogP) is 4.25. The zero-order valence-electron chi connectivity index (χ0n) is 16.7. The van der Waals surface area contributed by atoms with Crippen molar-refractivity contribution in [1.29, 1.82) is 0 Å². The van der Waals surface area contributed by atoms with Gasteiger partial charge in [-0.1, -0.05) is 12.1 Å². The number of furan rings is 1. The van der Waals surface area contributed by atoms with E-state index < -0.39 is 11.6 Å². The third kappa shape index (κ3) is 4.86. The number of carbonyl (C=O) groups excluding carboxylic acids is 1. The van der Waals surface area contributed by atoms with Gasteiger partial charge < -0.3 is 9.32 Å². The van der Waals surface area contributed by atoms with E-state index in [2.05, 4.69) is 4.90 Å². The topological polar surface area (TPSA) is 36.7 Å². The number of likely N-dealkylation sites (tertiary alicyclic amines) is 2. The number of benzene rings is 1. The van der Waals surface area contributed by atoms with Gasteiger partial charge in [0, 0.05) is 38.0 Å². The number of piperidine rings is 1. The summed E-state index contributed by atoms with van der Waals surface area (Å²) in [5.74, 6) is 0.718. The molecule has 0 N–H and O–H groups in total. The number of carbonyl (C=O) groups is 1. The molecule has 0 saturated carbocycles. The van der Waals surface area contributed by atoms with Gasteiger partial charge >= 0.3 is 0 Å². The number of rotatable bonds is 6. The molecule has 6 heteroatoms. The molecule has 1 amide bonds. The van der Waals surface area contributed by atoms with Crippen LogP contribution >= 0.6 is 0 Å². The van der Waals surface area contributed by atoms with E-state index in [1.54, 1.807) is 18.4 Å². The highest BCUT2D eigenvalue weighted by Crippen LogP contribution is 2.32. The molecule has 1 aromatic carbocycles. The summed E-state index contributed by atoms with van der Waals surface area (Å²) in [6.45, 7) is 3.93. The highest BCUT2D eigenvalue weighted by Gasteiger charge is 2.33. The van der Waals surface area contributed by atoms with E-state index in [0.29, 0.717) is 36.8 Å². The molecule has 0 radical (unpaired) electrons. The Hall–Kier alpha value is -2.21. The van der Waals surface area contributed by atoms with Crippen molar-refractivity contribution < 1.29 is 18.0 Å². The van der Waals surface area contributed by atoms with E-state index in [4.69, 9.17) is 4.42 Å². The van der Waals surface area contributed by atoms with Gasteiger partial charge in [-0.3, -0.25) is 9.69 Å². The average Bonchev–Trinajstić information content (AvgIpc) is 3.42. The molecular weight excluding hydrogens is 374 g/mol. The fraction of sp³-hybridized carbons (Fsp3) is 0.522. The maximum Gasteiger partial charge on any atom is 0.223 e. The summed E-state index contributed by atoms with van der Waals surface area (Å²) >= 11 is 0. The monoisotopic (exact) mass is 402 g/mol. The van der Waals surface area contributed by atoms with Crippen LogP contribution in [-0.2, 0) is 17.8 Å². The molecule has 0 unspecified atom stereocenters. The van der Waals surface area contributed by atoms with Crippen LogP contribution in [-0.4, -0.2) is 41.9 Å². The Labute approximate surface area is 170 Å². The zero-order chi connectivity index (χ0) is 20.2. The van der Waals surface area contributed by atoms with Crippen LogP contribution in [0.3, 0.4) is 0 Å². The Morgan fingerprint density at radius 2 is 1.83 bits per heavy atom. The third-order valence-electron chi connectivity index (χ3n) is 6.47. The smallest absolute Gasteiger partial charge is 0.223 e. The van der Waals surface area contributed by atoms with Gasteiger partial charge in [-0.25, -0.2) is 8.78 Å². The molecule has 156 valence electrons. The van der Waals surface area contributed by atoms with Crippen molar-refractivity contribution in [3.05, 3.63) is 59.6 Å². The Kier molecular flexibility index (Phi) is 6.28. The van der Waals surface area contributed by atoms with E-state index in [1.807, 2.05) is 17.0 Å². The molecule has 2 aliphatic rings. The van der Waals surface area contributed by atoms with Gasteiger partial charge in [0.05, 0.1) is 6.26 Å². The number of hydrogen-bond donors (Lipinski definition) is 0. The lowest BCUT2D eigenvalue weighted by Gasteiger charge is -2.35. The van der Waals surface area contributed by atoms with Crippen molar-refractivity contribution in [2.24, 2.45) is 11.8 Å². The van der Waals surface area contributed by atoms with Gasteiger partial charge in [0.1, 0.15) is 5.76 Å². The first-order valence-electron chi connectivity index (χ1n) is 10.6. The van der Waals surface area contributed by atoms with Gasteiger partial charge in [-0.05, 0) is 62.4 Å². The summed E-state index contributed by atoms with van der Waals surface area (Å²) in [6.07, 6.45) is 5.96. The maximum absolute atomic E-state index is 13.9. The minimum Gasteiger partial charge on any atom is -0.469 e. The lowest BCUT2D eigenvalue weighted by atomic mass is 9.83. The SMILES string of the molecule is O=C(CCc1ccco1)N1CC[C@H](C2CCN(Cc3cccc(F)c3F)CC2)C1. The fourth-order valence-corrected chi connectivity index (χ4v) is 4.74. The molecule has 1 aromatic heterocycles. The normalized spacial score (nSPS) is 21.0. The molecule has 3 heterocycles. The van der Waals surface area contributed by atoms with Gasteiger partial charge in [0.15, 0.2) is 11.6 Å². The lowest BCUT2D eigenvalue weighted by Crippen LogP contribution is -2.37. The number of hydrogen-bond acceptors (Lipinski definition) is 3. The molecular formula is C23H28F2N2O2. The van der Waals surface area contributed by atoms with Crippen LogP contribution in [0.15, 0.2) is 41.0 Å². The molecule has 1 atom stereocenters. The summed E-state index contributed by atoms with van der Waals surface area (Å²) in [4.78, 5) is 16.7. The third-order valence-corrected chi connectivity index (χ3v) is 6.47. The molecule has 4 nitrogen and oxygen atoms in total. The van der Waals surface area contributed by atoms with Crippen molar-refractivity contribution in [1.82, 2.24) is 9.80 Å². The first kappa shape index (κ1) is 20.1. The Morgan fingerprint density at radius 3 is 2.59 bits per heavy atom. The summed E-state index contributed by atoms with van der Waals surface area (Å²) < 4.78 is 32.6. The van der Waals surface area contributed by atoms with Crippen molar-refractivity contribution in [3.8, 4) is 0 Å². The number of halogens is 2. The average molecular weight is 402 g/mol. The molecule has 2 fully saturated rings. The molecule has 2 aromatic rings. The second-order valence-corrected chi connectivity index (χ2v) is 8.29. The minimum atomic E-state index is -0.778. The molecule has 0 aliphatic carbocycles. The Morgan fingerprint density at radius 1 is 1.03 bits per heavy atom. The standard InChI is InChI=1S/C23H28F2N2O2/c24-21-5-1-3-19(23(21)25)15-26-11-8-17(9-12-26)18-10-13-27(16-18)22(28)7-6-20-4-2-14-29-20/h1-5,14,17-18H,6-13,15-16H2/t18-/m0/s1. The van der Waals surface area contributed by atoms with Crippen molar-refractivity contribution >= 4 is 5.91 Å². The number of amides is 1. The van der Waals surface area contributed by atoms with Crippen LogP contribution < -0.4 is 0 Å². The molecule has 29 heavy (non-hydrogen) atoms. The van der Waals surface area contributed by atoms with E-state index in [9.17, 15) is 13.6 Å². The minimum absolute atomic E-state index is 0.211. The van der Waals surface area contributed by atoms with Crippen LogP contribution in [0.4, 0.5) is 8.78 Å². The van der Waals surface area contributed by atoms with Crippen molar-refractivity contribution in [2.75, 3.05) is 26.2 Å². The van der Waals surface area contributed by atoms with Crippen LogP contribution in [0.2, 0.25) is 0 Å². The van der Waals surface area contributed by atoms with E-state index >= 15 is 0 Å². The van der Waals surface area contributed by atoms with Crippen LogP contribution in [0.1, 0.15) is 37.0 Å². The second kappa shape index (κ2) is 9.08. The van der Waals surface area contributed by atoms with Gasteiger partial charge in [0.25, 0.3) is 0 Å². The predicted molar refractivity (Wildman–Crippen MR) is 106 cm³/mol. The second-order valence-electron chi connectivity index (χ2n) is 8.29. The molecule has 2 saturated heterocycles. The number of aryl methyl sites for hydroxylation is 1. The summed E-state index contributed by atoms with van der Waals surface area (Å²) in [6, 6.07) is 8.14. The summed E-state index contributed by atoms with van der Waals surface area (Å²) in [5.41, 5.74) is 0.428. The van der Waals surface area contributed by atoms with Crippen LogP contribution in [0.5, 0.6) is 0 Å². The number of nitrogens with zero attached hydrogens (tertiary/aromatic N) is 2. The maximum atomic E-state index is 13.9. The molecule has 4 rings (SSSR count). The summed E-state index contributed by atoms with van der Waals surface area (Å²) in [5, 5.41) is 0. The largest absolute Gasteiger partial charge is 0.469 e. The first-order chi connectivity index (χ1) is 14.1. The highest BCUT2D eigenvalue weighted by atomic mass is 19.2. The fourth-order valence-electron chi connectivity index (χ4n) is 4.74. The lowest BCUT2D eigenvalue weighted by molar-refractivity contribution is -0.130. The van der Waals surface area contributed by atoms with E-state index in [-0.39, 0.29) is 5.91 Å². The quantitative estimate of drug-likeness (QED) is 0.725. The van der Waals surface area contributed by atoms with Crippen LogP contribution in [0, 0.1) is 23.5 Å². The van der Waals surface area contributed by atoms with Gasteiger partial charge in [-0.15, -0.1) is 0 Å². The molecule has 2 aliphatic heterocycles. The van der Waals surface area contributed by atoms with Crippen molar-refractivity contribution in [2.45, 2.75) is 38.6 Å². The van der Waals surface area contributed by atoms with Crippen LogP contribution in [0.25, 0.3) is 0 Å². The van der Waals surface area contributed by atoms with Crippen molar-refractivity contribution in [3.63, 3.8) is 0 Å². The first-order valence-corrected chi connectivity index (χ1v) is 10.6. The Bertz CT molecular complexity index is 816. The molecule has 0 spiro atoms. The molecule has 0 bridgehead atoms. The summed E-state index contributed by atoms with van der Waals surface area (Å²) in [7, 11) is 0. The highest BCUT2D eigenvalue weighted by molar-refractivity contribution is 5.76. The van der Waals surface area contributed by atoms with Gasteiger partial charge in [0.2, 0.25) is 5.91 Å². The van der Waals surface area contributed by atoms with E-state index in [0.717, 1.165) is 57.3 Å². The Balaban J connectivity index is 1.22. The van der Waals surface area contributed by atoms with E-state index in [1.165, 1.54) is 0 Å².